The third-order valence-electron chi connectivity index (χ3n) is 15.1. The summed E-state index contributed by atoms with van der Waals surface area (Å²) in [7, 11) is 0. The van der Waals surface area contributed by atoms with Crippen molar-refractivity contribution >= 4 is 23.7 Å². The van der Waals surface area contributed by atoms with E-state index in [9.17, 15) is 30.0 Å². The summed E-state index contributed by atoms with van der Waals surface area (Å²) in [4.78, 5) is 27.3. The molecule has 0 aromatic carbocycles. The third kappa shape index (κ3) is 4.63. The van der Waals surface area contributed by atoms with Crippen LogP contribution in [0.1, 0.15) is 119 Å². The molecule has 0 bridgehead atoms. The topological polar surface area (TPSA) is 146 Å². The molecule has 1 aliphatic heterocycles. The predicted molar refractivity (Wildman–Crippen MR) is 168 cm³/mol. The predicted octanol–water partition coefficient (Wildman–Crippen LogP) is 4.96. The number of nitrogens with one attached hydrogen (secondary N) is 1. The molecule has 5 saturated carbocycles. The number of hydrogen-bond acceptors (Lipinski definition) is 8. The third-order valence-corrected chi connectivity index (χ3v) is 15.3. The number of aliphatic hydroxyl groups excluding tert-OH is 2. The molecule has 45 heavy (non-hydrogen) atoms. The van der Waals surface area contributed by atoms with E-state index in [2.05, 4.69) is 39.5 Å². The first-order chi connectivity index (χ1) is 20.7. The van der Waals surface area contributed by atoms with Gasteiger partial charge in [-0.25, -0.2) is 4.84 Å². The van der Waals surface area contributed by atoms with E-state index in [0.29, 0.717) is 19.3 Å². The monoisotopic (exact) mass is 653 g/mol. The van der Waals surface area contributed by atoms with Crippen LogP contribution in [-0.4, -0.2) is 74.0 Å². The highest BCUT2D eigenvalue weighted by Gasteiger charge is 2.85. The lowest BCUT2D eigenvalue weighted by atomic mass is 9.41. The van der Waals surface area contributed by atoms with Gasteiger partial charge in [0.15, 0.2) is 0 Å². The summed E-state index contributed by atoms with van der Waals surface area (Å²) in [6.45, 7) is 14.7. The van der Waals surface area contributed by atoms with E-state index in [1.54, 1.807) is 13.8 Å². The number of carboxylic acids is 1. The number of carboxylic acid groups (broad SMARTS) is 1. The Morgan fingerprint density at radius 2 is 1.69 bits per heavy atom. The standard InChI is InChI=1S/C35H56ClNO8/c1-29(2)23(39)10-13-35-18-34(35)15-14-31(5)26(33(7)12-11-24(45-33)30(3,4)43)20(38)17-32(31,6)22(34)16-21(27(29)35)44-28(42)19(37-36)8-9-25(40)41/h19-24,26-27,37-39,43H,8-18H2,1-7H3,(H,40,41)/t19-,20+,21+,22?,23+,24+,26+,27+,31-,32+,33-,34?,35-/m1/s1. The van der Waals surface area contributed by atoms with Crippen molar-refractivity contribution in [2.24, 2.45) is 44.8 Å². The van der Waals surface area contributed by atoms with Gasteiger partial charge in [-0.2, -0.15) is 0 Å². The van der Waals surface area contributed by atoms with Crippen LogP contribution in [0.15, 0.2) is 0 Å². The van der Waals surface area contributed by atoms with Crippen LogP contribution in [0.2, 0.25) is 0 Å². The summed E-state index contributed by atoms with van der Waals surface area (Å²) < 4.78 is 13.1. The molecule has 2 spiro atoms. The molecule has 1 saturated heterocycles. The molecule has 0 radical (unpaired) electrons. The summed E-state index contributed by atoms with van der Waals surface area (Å²) in [5.41, 5.74) is -2.49. The minimum absolute atomic E-state index is 0.0213. The van der Waals surface area contributed by atoms with Gasteiger partial charge in [-0.3, -0.25) is 9.59 Å². The van der Waals surface area contributed by atoms with E-state index in [1.165, 1.54) is 0 Å². The zero-order valence-corrected chi connectivity index (χ0v) is 29.0. The summed E-state index contributed by atoms with van der Waals surface area (Å²) in [5, 5.41) is 43.3. The summed E-state index contributed by atoms with van der Waals surface area (Å²) in [5.74, 6) is -1.50. The second-order valence-corrected chi connectivity index (χ2v) is 18.1. The van der Waals surface area contributed by atoms with Crippen LogP contribution in [0.25, 0.3) is 0 Å². The average molecular weight is 654 g/mol. The van der Waals surface area contributed by atoms with Gasteiger partial charge < -0.3 is 29.9 Å². The smallest absolute Gasteiger partial charge is 0.324 e. The van der Waals surface area contributed by atoms with Gasteiger partial charge >= 0.3 is 11.9 Å². The molecule has 6 aliphatic rings. The van der Waals surface area contributed by atoms with Crippen molar-refractivity contribution in [3.8, 4) is 0 Å². The molecule has 5 N–H and O–H groups in total. The Kier molecular flexibility index (Phi) is 7.92. The van der Waals surface area contributed by atoms with Crippen LogP contribution in [-0.2, 0) is 19.1 Å². The fraction of sp³-hybridized carbons (Fsp3) is 0.943. The molecule has 0 aromatic rings. The van der Waals surface area contributed by atoms with E-state index in [0.717, 1.165) is 38.5 Å². The van der Waals surface area contributed by atoms with Crippen molar-refractivity contribution in [2.45, 2.75) is 161 Å². The minimum Gasteiger partial charge on any atom is -0.481 e. The van der Waals surface area contributed by atoms with E-state index in [4.69, 9.17) is 21.3 Å². The molecule has 1 heterocycles. The Hall–Kier alpha value is -0.970. The van der Waals surface area contributed by atoms with Crippen LogP contribution in [0, 0.1) is 44.8 Å². The van der Waals surface area contributed by atoms with Gasteiger partial charge in [0.25, 0.3) is 0 Å². The van der Waals surface area contributed by atoms with Crippen molar-refractivity contribution < 1.29 is 39.5 Å². The maximum atomic E-state index is 13.6. The highest BCUT2D eigenvalue weighted by atomic mass is 35.5. The fourth-order valence-corrected chi connectivity index (χ4v) is 13.1. The molecule has 6 rings (SSSR count). The van der Waals surface area contributed by atoms with Crippen molar-refractivity contribution in [2.75, 3.05) is 0 Å². The second-order valence-electron chi connectivity index (χ2n) is 17.9. The Morgan fingerprint density at radius 3 is 2.29 bits per heavy atom. The lowest BCUT2D eigenvalue weighted by Gasteiger charge is -2.64. The number of aliphatic hydroxyl groups is 3. The first-order valence-corrected chi connectivity index (χ1v) is 17.6. The van der Waals surface area contributed by atoms with Crippen LogP contribution < -0.4 is 4.84 Å². The largest absolute Gasteiger partial charge is 0.481 e. The molecule has 0 aromatic heterocycles. The summed E-state index contributed by atoms with van der Waals surface area (Å²) in [6, 6.07) is -0.950. The number of esters is 1. The Balaban J connectivity index is 1.36. The quantitative estimate of drug-likeness (QED) is 0.181. The molecule has 6 fully saturated rings. The normalized spacial score (nSPS) is 50.5. The Labute approximate surface area is 273 Å². The average Bonchev–Trinajstić information content (AvgIpc) is 3.29. The molecule has 2 unspecified atom stereocenters. The van der Waals surface area contributed by atoms with Gasteiger partial charge in [0, 0.05) is 18.3 Å². The van der Waals surface area contributed by atoms with Crippen molar-refractivity contribution in [1.82, 2.24) is 4.84 Å². The lowest BCUT2D eigenvalue weighted by molar-refractivity contribution is -0.221. The number of fused-ring (bicyclic) bond motifs is 2. The highest BCUT2D eigenvalue weighted by molar-refractivity contribution is 6.14. The van der Waals surface area contributed by atoms with Gasteiger partial charge in [0.05, 0.1) is 29.5 Å². The van der Waals surface area contributed by atoms with Gasteiger partial charge in [-0.05, 0) is 130 Å². The van der Waals surface area contributed by atoms with Gasteiger partial charge in [-0.1, -0.05) is 27.7 Å². The number of hydrogen-bond donors (Lipinski definition) is 5. The van der Waals surface area contributed by atoms with Gasteiger partial charge in [-0.15, -0.1) is 0 Å². The van der Waals surface area contributed by atoms with Gasteiger partial charge in [0.1, 0.15) is 12.1 Å². The van der Waals surface area contributed by atoms with Crippen LogP contribution in [0.4, 0.5) is 0 Å². The zero-order valence-electron chi connectivity index (χ0n) is 28.2. The molecule has 10 heteroatoms. The highest BCUT2D eigenvalue weighted by Crippen LogP contribution is 2.89. The van der Waals surface area contributed by atoms with E-state index in [1.807, 2.05) is 0 Å². The molecule has 13 atom stereocenters. The van der Waals surface area contributed by atoms with E-state index >= 15 is 0 Å². The molecule has 9 nitrogen and oxygen atoms in total. The van der Waals surface area contributed by atoms with Crippen molar-refractivity contribution in [3.63, 3.8) is 0 Å². The molecule has 256 valence electrons. The number of rotatable bonds is 8. The molecule has 5 aliphatic carbocycles. The molecular formula is C35H56ClNO8. The lowest BCUT2D eigenvalue weighted by Crippen LogP contribution is -2.63. The molecule has 0 amide bonds. The number of carbonyl (C=O) groups excluding carboxylic acids is 1. The van der Waals surface area contributed by atoms with Crippen LogP contribution in [0.5, 0.6) is 0 Å². The number of aliphatic carboxylic acids is 1. The Bertz CT molecular complexity index is 1220. The summed E-state index contributed by atoms with van der Waals surface area (Å²) in [6.07, 6.45) is 5.46. The van der Waals surface area contributed by atoms with Gasteiger partial charge in [0.2, 0.25) is 0 Å². The van der Waals surface area contributed by atoms with Crippen LogP contribution in [0.3, 0.4) is 0 Å². The first kappa shape index (κ1) is 33.9. The minimum atomic E-state index is -1.01. The first-order valence-electron chi connectivity index (χ1n) is 17.3. The maximum Gasteiger partial charge on any atom is 0.324 e. The number of halogens is 1. The van der Waals surface area contributed by atoms with E-state index < -0.39 is 52.9 Å². The zero-order chi connectivity index (χ0) is 33.2. The SMILES string of the molecule is CC(C)(O)[C@@H]1CC[C@](C)([C@H]2[C@@H](O)C[C@@]3(C)C4C[C@H](OC(=O)[C@@H](CCC(=O)O)NCl)[C@H]5C(C)(C)[C@@H](O)CC[C@@]56CC46CC[C@]23C)O1. The molecular weight excluding hydrogens is 598 g/mol. The number of ether oxygens (including phenoxy) is 2. The Morgan fingerprint density at radius 1 is 1.00 bits per heavy atom. The summed E-state index contributed by atoms with van der Waals surface area (Å²) >= 11 is 5.95. The number of carbonyl (C=O) groups is 2. The van der Waals surface area contributed by atoms with E-state index in [-0.39, 0.29) is 58.4 Å². The van der Waals surface area contributed by atoms with Crippen molar-refractivity contribution in [3.05, 3.63) is 0 Å². The second kappa shape index (κ2) is 10.5. The fourth-order valence-electron chi connectivity index (χ4n) is 12.9. The van der Waals surface area contributed by atoms with Crippen molar-refractivity contribution in [1.29, 1.82) is 0 Å². The van der Waals surface area contributed by atoms with Crippen LogP contribution >= 0.6 is 11.8 Å². The maximum absolute atomic E-state index is 13.6.